The quantitative estimate of drug-likeness (QED) is 0.463. The van der Waals surface area contributed by atoms with E-state index in [1.54, 1.807) is 24.0 Å². The summed E-state index contributed by atoms with van der Waals surface area (Å²) in [6.07, 6.45) is 4.41. The molecule has 1 aromatic carbocycles. The molecule has 0 bridgehead atoms. The predicted molar refractivity (Wildman–Crippen MR) is 115 cm³/mol. The second-order valence-corrected chi connectivity index (χ2v) is 7.58. The average molecular weight is 472 g/mol. The Morgan fingerprint density at radius 3 is 2.70 bits per heavy atom. The van der Waals surface area contributed by atoms with E-state index >= 15 is 0 Å². The highest BCUT2D eigenvalue weighted by Crippen LogP contribution is 2.13. The molecular weight excluding hydrogens is 450 g/mol. The number of unbranched alkanes of at least 4 members (excludes halogenated alkanes) is 1. The van der Waals surface area contributed by atoms with Crippen LogP contribution in [-0.2, 0) is 24.2 Å². The molecular formula is C20H22BrN7O2. The van der Waals surface area contributed by atoms with Gasteiger partial charge in [-0.05, 0) is 49.1 Å². The zero-order valence-electron chi connectivity index (χ0n) is 16.5. The van der Waals surface area contributed by atoms with E-state index in [1.807, 2.05) is 30.3 Å². The molecule has 2 aromatic heterocycles. The van der Waals surface area contributed by atoms with Crippen molar-refractivity contribution in [2.24, 2.45) is 0 Å². The SMILES string of the molecule is CNC(=O)c1cn(CCCCc2ccc(NC(=O)Cc3cccc(Br)c3)nn2)nn1. The number of hydrogen-bond acceptors (Lipinski definition) is 6. The number of carbonyl (C=O) groups excluding carboxylic acids is 2. The predicted octanol–water partition coefficient (Wildman–Crippen LogP) is 2.39. The number of aromatic nitrogens is 5. The fourth-order valence-electron chi connectivity index (χ4n) is 2.80. The summed E-state index contributed by atoms with van der Waals surface area (Å²) in [5, 5.41) is 21.3. The molecule has 0 saturated heterocycles. The first-order chi connectivity index (χ1) is 14.5. The zero-order valence-corrected chi connectivity index (χ0v) is 18.1. The Morgan fingerprint density at radius 1 is 1.10 bits per heavy atom. The molecule has 0 unspecified atom stereocenters. The van der Waals surface area contributed by atoms with Crippen LogP contribution in [0.1, 0.15) is 34.6 Å². The van der Waals surface area contributed by atoms with Crippen LogP contribution in [-0.4, -0.2) is 44.1 Å². The maximum Gasteiger partial charge on any atom is 0.273 e. The highest BCUT2D eigenvalue weighted by molar-refractivity contribution is 9.10. The summed E-state index contributed by atoms with van der Waals surface area (Å²) in [6, 6.07) is 11.2. The van der Waals surface area contributed by atoms with Crippen LogP contribution in [0.5, 0.6) is 0 Å². The lowest BCUT2D eigenvalue weighted by Crippen LogP contribution is -2.18. The van der Waals surface area contributed by atoms with Crippen molar-refractivity contribution < 1.29 is 9.59 Å². The molecule has 0 radical (unpaired) electrons. The molecule has 0 aliphatic carbocycles. The number of benzene rings is 1. The highest BCUT2D eigenvalue weighted by atomic mass is 79.9. The Balaban J connectivity index is 1.40. The summed E-state index contributed by atoms with van der Waals surface area (Å²) < 4.78 is 2.59. The van der Waals surface area contributed by atoms with Crippen LogP contribution in [0.2, 0.25) is 0 Å². The summed E-state index contributed by atoms with van der Waals surface area (Å²) in [5.74, 6) is 0.0440. The van der Waals surface area contributed by atoms with E-state index in [0.29, 0.717) is 18.1 Å². The van der Waals surface area contributed by atoms with E-state index in [-0.39, 0.29) is 18.2 Å². The highest BCUT2D eigenvalue weighted by Gasteiger charge is 2.09. The Kier molecular flexibility index (Phi) is 7.61. The van der Waals surface area contributed by atoms with Crippen LogP contribution in [0.4, 0.5) is 5.82 Å². The lowest BCUT2D eigenvalue weighted by Gasteiger charge is -2.06. The van der Waals surface area contributed by atoms with E-state index in [1.165, 1.54) is 0 Å². The summed E-state index contributed by atoms with van der Waals surface area (Å²) in [6.45, 7) is 0.668. The molecule has 30 heavy (non-hydrogen) atoms. The van der Waals surface area contributed by atoms with Crippen molar-refractivity contribution in [3.63, 3.8) is 0 Å². The normalized spacial score (nSPS) is 10.6. The second kappa shape index (κ2) is 10.6. The monoisotopic (exact) mass is 471 g/mol. The smallest absolute Gasteiger partial charge is 0.273 e. The third kappa shape index (κ3) is 6.45. The maximum absolute atomic E-state index is 12.2. The molecule has 0 atom stereocenters. The van der Waals surface area contributed by atoms with Crippen molar-refractivity contribution in [1.29, 1.82) is 0 Å². The number of anilines is 1. The van der Waals surface area contributed by atoms with E-state index in [2.05, 4.69) is 47.1 Å². The minimum Gasteiger partial charge on any atom is -0.354 e. The maximum atomic E-state index is 12.2. The summed E-state index contributed by atoms with van der Waals surface area (Å²) in [5.41, 5.74) is 2.08. The van der Waals surface area contributed by atoms with Crippen molar-refractivity contribution >= 4 is 33.6 Å². The van der Waals surface area contributed by atoms with E-state index in [0.717, 1.165) is 35.0 Å². The first-order valence-corrected chi connectivity index (χ1v) is 10.3. The Hall–Kier alpha value is -3.14. The van der Waals surface area contributed by atoms with Gasteiger partial charge in [0.1, 0.15) is 0 Å². The van der Waals surface area contributed by atoms with Crippen molar-refractivity contribution in [3.8, 4) is 0 Å². The molecule has 0 fully saturated rings. The summed E-state index contributed by atoms with van der Waals surface area (Å²) in [4.78, 5) is 23.6. The van der Waals surface area contributed by atoms with Gasteiger partial charge in [0.2, 0.25) is 5.91 Å². The number of carbonyl (C=O) groups is 2. The lowest BCUT2D eigenvalue weighted by molar-refractivity contribution is -0.115. The molecule has 3 aromatic rings. The summed E-state index contributed by atoms with van der Waals surface area (Å²) in [7, 11) is 1.56. The fourth-order valence-corrected chi connectivity index (χ4v) is 3.25. The van der Waals surface area contributed by atoms with Crippen LogP contribution >= 0.6 is 15.9 Å². The number of amides is 2. The zero-order chi connectivity index (χ0) is 21.3. The topological polar surface area (TPSA) is 115 Å². The van der Waals surface area contributed by atoms with E-state index in [4.69, 9.17) is 0 Å². The minimum atomic E-state index is -0.250. The number of hydrogen-bond donors (Lipinski definition) is 2. The van der Waals surface area contributed by atoms with Gasteiger partial charge in [0, 0.05) is 18.1 Å². The number of rotatable bonds is 9. The first kappa shape index (κ1) is 21.6. The van der Waals surface area contributed by atoms with Crippen molar-refractivity contribution in [2.75, 3.05) is 12.4 Å². The van der Waals surface area contributed by atoms with Gasteiger partial charge < -0.3 is 10.6 Å². The van der Waals surface area contributed by atoms with E-state index < -0.39 is 0 Å². The standard InChI is InChI=1S/C20H22BrN7O2/c1-22-20(30)17-13-28(27-25-17)10-3-2-7-16-8-9-18(26-24-16)23-19(29)12-14-5-4-6-15(21)11-14/h4-6,8-9,11,13H,2-3,7,10,12H2,1H3,(H,22,30)(H,23,26,29). The average Bonchev–Trinajstić information content (AvgIpc) is 3.21. The van der Waals surface area contributed by atoms with Crippen molar-refractivity contribution in [2.45, 2.75) is 32.2 Å². The Bertz CT molecular complexity index is 1000. The van der Waals surface area contributed by atoms with E-state index in [9.17, 15) is 9.59 Å². The van der Waals surface area contributed by atoms with Gasteiger partial charge in [-0.25, -0.2) is 0 Å². The third-order valence-corrected chi connectivity index (χ3v) is 4.80. The Morgan fingerprint density at radius 2 is 1.97 bits per heavy atom. The fraction of sp³-hybridized carbons (Fsp3) is 0.300. The van der Waals surface area contributed by atoms with Gasteiger partial charge in [0.25, 0.3) is 5.91 Å². The van der Waals surface area contributed by atoms with Crippen molar-refractivity contribution in [1.82, 2.24) is 30.5 Å². The van der Waals surface area contributed by atoms with Crippen molar-refractivity contribution in [3.05, 3.63) is 64.0 Å². The number of aryl methyl sites for hydroxylation is 2. The Labute approximate surface area is 182 Å². The number of nitrogens with one attached hydrogen (secondary N) is 2. The first-order valence-electron chi connectivity index (χ1n) is 9.52. The van der Waals surface area contributed by atoms with Crippen LogP contribution in [0, 0.1) is 0 Å². The summed E-state index contributed by atoms with van der Waals surface area (Å²) >= 11 is 3.40. The molecule has 9 nitrogen and oxygen atoms in total. The van der Waals surface area contributed by atoms with Crippen LogP contribution in [0.3, 0.4) is 0 Å². The molecule has 0 spiro atoms. The van der Waals surface area contributed by atoms with Gasteiger partial charge in [-0.2, -0.15) is 5.10 Å². The number of halogens is 1. The molecule has 0 aliphatic rings. The third-order valence-electron chi connectivity index (χ3n) is 4.31. The molecule has 3 rings (SSSR count). The molecule has 2 amide bonds. The van der Waals surface area contributed by atoms with Gasteiger partial charge in [0.05, 0.1) is 18.3 Å². The lowest BCUT2D eigenvalue weighted by atomic mass is 10.1. The molecule has 0 aliphatic heterocycles. The molecule has 2 N–H and O–H groups in total. The molecule has 0 saturated carbocycles. The molecule has 2 heterocycles. The van der Waals surface area contributed by atoms with Crippen LogP contribution < -0.4 is 10.6 Å². The minimum absolute atomic E-state index is 0.140. The molecule has 156 valence electrons. The molecule has 10 heteroatoms. The van der Waals surface area contributed by atoms with Crippen LogP contribution in [0.25, 0.3) is 0 Å². The largest absolute Gasteiger partial charge is 0.354 e. The second-order valence-electron chi connectivity index (χ2n) is 6.67. The number of nitrogens with zero attached hydrogens (tertiary/aromatic N) is 5. The van der Waals surface area contributed by atoms with Gasteiger partial charge in [0.15, 0.2) is 11.5 Å². The van der Waals surface area contributed by atoms with Gasteiger partial charge in [-0.15, -0.1) is 10.2 Å². The van der Waals surface area contributed by atoms with Gasteiger partial charge in [-0.1, -0.05) is 33.3 Å². The van der Waals surface area contributed by atoms with Crippen LogP contribution in [0.15, 0.2) is 47.1 Å². The van der Waals surface area contributed by atoms with Gasteiger partial charge >= 0.3 is 0 Å². The van der Waals surface area contributed by atoms with Gasteiger partial charge in [-0.3, -0.25) is 14.3 Å².